The van der Waals surface area contributed by atoms with Crippen LogP contribution < -0.4 is 16.0 Å². The number of ether oxygens (including phenoxy) is 1. The summed E-state index contributed by atoms with van der Waals surface area (Å²) in [6.07, 6.45) is 1.27. The van der Waals surface area contributed by atoms with Crippen molar-refractivity contribution < 1.29 is 33.3 Å². The molecule has 0 unspecified atom stereocenters. The zero-order chi connectivity index (χ0) is 20.3. The van der Waals surface area contributed by atoms with Crippen LogP contribution in [-0.2, 0) is 0 Å². The number of nitrogens with two attached hydrogens (primary N) is 1. The van der Waals surface area contributed by atoms with Crippen LogP contribution in [0.5, 0.6) is 5.75 Å². The fourth-order valence-electron chi connectivity index (χ4n) is 2.48. The number of nitrogen functional groups attached to an aromatic ring is 1. The number of nitrogens with one attached hydrogen (secondary N) is 1. The molecule has 0 atom stereocenters. The van der Waals surface area contributed by atoms with Gasteiger partial charge in [0.1, 0.15) is 16.9 Å². The molecule has 2 rings (SSSR count). The molecule has 0 amide bonds. The molecule has 1 aromatic heterocycles. The molecule has 0 bridgehead atoms. The third-order valence-electron chi connectivity index (χ3n) is 3.71. The Kier molecular flexibility index (Phi) is 5.78. The maximum Gasteiger partial charge on any atom is 0.342 e. The van der Waals surface area contributed by atoms with Gasteiger partial charge in [-0.3, -0.25) is 4.79 Å². The van der Waals surface area contributed by atoms with Gasteiger partial charge in [0.15, 0.2) is 11.6 Å². The van der Waals surface area contributed by atoms with E-state index in [-0.39, 0.29) is 12.2 Å². The second-order valence-electron chi connectivity index (χ2n) is 5.58. The maximum atomic E-state index is 14.0. The second-order valence-corrected chi connectivity index (χ2v) is 5.58. The maximum absolute atomic E-state index is 14.0. The first kappa shape index (κ1) is 19.9. The Bertz CT molecular complexity index is 971. The zero-order valence-electron chi connectivity index (χ0n) is 14.1. The number of carboxylic acids is 2. The summed E-state index contributed by atoms with van der Waals surface area (Å²) < 4.78 is 33.2. The number of unbranched alkanes of at least 4 members (excludes halogenated alkanes) is 1. The number of rotatable bonds is 7. The largest absolute Gasteiger partial charge is 0.490 e. The van der Waals surface area contributed by atoms with Gasteiger partial charge in [-0.25, -0.2) is 14.0 Å². The van der Waals surface area contributed by atoms with Crippen molar-refractivity contribution in [2.45, 2.75) is 19.8 Å². The van der Waals surface area contributed by atoms with Crippen LogP contribution in [0.15, 0.2) is 16.9 Å². The average Bonchev–Trinajstić information content (AvgIpc) is 2.57. The van der Waals surface area contributed by atoms with Gasteiger partial charge in [0.05, 0.1) is 6.61 Å². The number of hydrogen-bond acceptors (Lipinski definition) is 5. The molecule has 0 aliphatic rings. The van der Waals surface area contributed by atoms with Crippen molar-refractivity contribution in [2.75, 3.05) is 12.3 Å². The summed E-state index contributed by atoms with van der Waals surface area (Å²) in [7, 11) is 0. The van der Waals surface area contributed by atoms with Crippen molar-refractivity contribution in [1.82, 2.24) is 4.98 Å². The Balaban J connectivity index is 2.82. The molecule has 0 spiro atoms. The zero-order valence-corrected chi connectivity index (χ0v) is 14.1. The molecule has 0 saturated carbocycles. The number of aromatic carboxylic acids is 2. The number of halogens is 2. The minimum atomic E-state index is -1.76. The van der Waals surface area contributed by atoms with Crippen molar-refractivity contribution in [1.29, 1.82) is 0 Å². The van der Waals surface area contributed by atoms with Gasteiger partial charge >= 0.3 is 11.9 Å². The molecule has 0 radical (unpaired) electrons. The lowest BCUT2D eigenvalue weighted by Gasteiger charge is -2.14. The molecule has 2 aromatic rings. The molecule has 27 heavy (non-hydrogen) atoms. The van der Waals surface area contributed by atoms with Crippen LogP contribution in [0.2, 0.25) is 0 Å². The standard InChI is InChI=1S/C17H16F2N2O6/c1-2-3-4-27-9-6-7(5-8(18)13(9)19)10-11(16(23)24)14(20)21-15(22)12(10)17(25)26/h5-6H,2-4H2,1H3,(H,23,24)(H,25,26)(H3,20,21,22). The minimum Gasteiger partial charge on any atom is -0.490 e. The molecule has 5 N–H and O–H groups in total. The number of benzene rings is 1. The van der Waals surface area contributed by atoms with Gasteiger partial charge < -0.3 is 25.7 Å². The molecular formula is C17H16F2N2O6. The molecule has 0 aliphatic carbocycles. The Morgan fingerprint density at radius 3 is 2.37 bits per heavy atom. The summed E-state index contributed by atoms with van der Waals surface area (Å²) in [4.78, 5) is 37.0. The van der Waals surface area contributed by atoms with E-state index >= 15 is 0 Å². The van der Waals surface area contributed by atoms with Gasteiger partial charge in [0.25, 0.3) is 5.56 Å². The normalized spacial score (nSPS) is 10.6. The summed E-state index contributed by atoms with van der Waals surface area (Å²) in [5.41, 5.74) is 1.59. The number of anilines is 1. The van der Waals surface area contributed by atoms with Crippen LogP contribution in [0.1, 0.15) is 40.5 Å². The molecule has 8 nitrogen and oxygen atoms in total. The number of carboxylic acid groups (broad SMARTS) is 2. The number of aromatic amines is 1. The number of H-pyrrole nitrogens is 1. The van der Waals surface area contributed by atoms with Gasteiger partial charge in [0, 0.05) is 5.56 Å². The fraction of sp³-hybridized carbons (Fsp3) is 0.235. The van der Waals surface area contributed by atoms with E-state index < -0.39 is 57.4 Å². The highest BCUT2D eigenvalue weighted by Crippen LogP contribution is 2.34. The van der Waals surface area contributed by atoms with Gasteiger partial charge in [-0.1, -0.05) is 13.3 Å². The van der Waals surface area contributed by atoms with E-state index in [2.05, 4.69) is 0 Å². The van der Waals surface area contributed by atoms with Crippen LogP contribution in [0.25, 0.3) is 11.1 Å². The first-order valence-electron chi connectivity index (χ1n) is 7.83. The van der Waals surface area contributed by atoms with E-state index in [0.29, 0.717) is 12.5 Å². The summed E-state index contributed by atoms with van der Waals surface area (Å²) >= 11 is 0. The number of hydrogen-bond donors (Lipinski definition) is 4. The SMILES string of the molecule is CCCCOc1cc(-c2c(C(=O)O)c(N)[nH]c(=O)c2C(=O)O)cc(F)c1F. The van der Waals surface area contributed by atoms with Gasteiger partial charge in [-0.2, -0.15) is 4.39 Å². The predicted octanol–water partition coefficient (Wildman–Crippen LogP) is 2.48. The van der Waals surface area contributed by atoms with Crippen LogP contribution in [0.4, 0.5) is 14.6 Å². The molecule has 10 heteroatoms. The predicted molar refractivity (Wildman–Crippen MR) is 91.1 cm³/mol. The van der Waals surface area contributed by atoms with Crippen LogP contribution in [-0.4, -0.2) is 33.7 Å². The lowest BCUT2D eigenvalue weighted by molar-refractivity contribution is 0.0695. The summed E-state index contributed by atoms with van der Waals surface area (Å²) in [5, 5.41) is 18.7. The minimum absolute atomic E-state index is 0.0609. The van der Waals surface area contributed by atoms with Crippen molar-refractivity contribution in [3.8, 4) is 16.9 Å². The third kappa shape index (κ3) is 3.89. The molecule has 1 aromatic carbocycles. The smallest absolute Gasteiger partial charge is 0.342 e. The van der Waals surface area contributed by atoms with Crippen molar-refractivity contribution in [2.24, 2.45) is 0 Å². The monoisotopic (exact) mass is 382 g/mol. The lowest BCUT2D eigenvalue weighted by Crippen LogP contribution is -2.24. The molecule has 0 aliphatic heterocycles. The van der Waals surface area contributed by atoms with Crippen molar-refractivity contribution in [3.63, 3.8) is 0 Å². The lowest BCUT2D eigenvalue weighted by atomic mass is 9.95. The first-order valence-corrected chi connectivity index (χ1v) is 7.83. The molecular weight excluding hydrogens is 366 g/mol. The number of carbonyl (C=O) groups is 2. The highest BCUT2D eigenvalue weighted by atomic mass is 19.2. The van der Waals surface area contributed by atoms with Crippen molar-refractivity contribution in [3.05, 3.63) is 45.2 Å². The topological polar surface area (TPSA) is 143 Å². The van der Waals surface area contributed by atoms with Crippen LogP contribution in [0.3, 0.4) is 0 Å². The molecule has 144 valence electrons. The van der Waals surface area contributed by atoms with Crippen LogP contribution >= 0.6 is 0 Å². The summed E-state index contributed by atoms with van der Waals surface area (Å²) in [5.74, 6) is -7.28. The highest BCUT2D eigenvalue weighted by Gasteiger charge is 2.28. The van der Waals surface area contributed by atoms with E-state index in [1.165, 1.54) is 0 Å². The van der Waals surface area contributed by atoms with Gasteiger partial charge in [-0.05, 0) is 24.1 Å². The van der Waals surface area contributed by atoms with Crippen molar-refractivity contribution >= 4 is 17.8 Å². The molecule has 0 fully saturated rings. The number of aromatic nitrogens is 1. The number of pyridine rings is 1. The Morgan fingerprint density at radius 2 is 1.81 bits per heavy atom. The average molecular weight is 382 g/mol. The first-order chi connectivity index (χ1) is 12.7. The van der Waals surface area contributed by atoms with E-state index in [1.807, 2.05) is 11.9 Å². The highest BCUT2D eigenvalue weighted by molar-refractivity contribution is 6.07. The van der Waals surface area contributed by atoms with E-state index in [1.54, 1.807) is 0 Å². The fourth-order valence-corrected chi connectivity index (χ4v) is 2.48. The van der Waals surface area contributed by atoms with Gasteiger partial charge in [-0.15, -0.1) is 0 Å². The Hall–Kier alpha value is -3.43. The Labute approximate surface area is 151 Å². The van der Waals surface area contributed by atoms with Gasteiger partial charge in [0.2, 0.25) is 5.82 Å². The van der Waals surface area contributed by atoms with Crippen LogP contribution in [0, 0.1) is 11.6 Å². The molecule has 1 heterocycles. The summed E-state index contributed by atoms with van der Waals surface area (Å²) in [6.45, 7) is 1.92. The second kappa shape index (κ2) is 7.85. The summed E-state index contributed by atoms with van der Waals surface area (Å²) in [6, 6.07) is 1.51. The third-order valence-corrected chi connectivity index (χ3v) is 3.71. The quantitative estimate of drug-likeness (QED) is 0.539. The molecule has 0 saturated heterocycles. The Morgan fingerprint density at radius 1 is 1.19 bits per heavy atom. The van der Waals surface area contributed by atoms with E-state index in [4.69, 9.17) is 10.5 Å². The van der Waals surface area contributed by atoms with E-state index in [9.17, 15) is 33.4 Å². The van der Waals surface area contributed by atoms with E-state index in [0.717, 1.165) is 12.5 Å².